The number of allylic oxidation sites excluding steroid dienone is 19. The van der Waals surface area contributed by atoms with Crippen LogP contribution in [0.1, 0.15) is 328 Å². The smallest absolute Gasteiger partial charge is 0.268 e. The van der Waals surface area contributed by atoms with Crippen molar-refractivity contribution in [2.24, 2.45) is 0 Å². The van der Waals surface area contributed by atoms with E-state index in [4.69, 9.17) is 9.05 Å². The van der Waals surface area contributed by atoms with Crippen LogP contribution in [0.25, 0.3) is 0 Å². The minimum Gasteiger partial charge on any atom is -0.756 e. The lowest BCUT2D eigenvalue weighted by Crippen LogP contribution is -2.45. The minimum absolute atomic E-state index is 0.0111. The Labute approximate surface area is 552 Å². The van der Waals surface area contributed by atoms with E-state index in [1.807, 2.05) is 27.2 Å². The first-order valence-corrected chi connectivity index (χ1v) is 38.9. The third-order valence-corrected chi connectivity index (χ3v) is 17.4. The number of amides is 1. The maximum Gasteiger partial charge on any atom is 0.268 e. The molecular weight excluding hydrogens is 1120 g/mol. The quantitative estimate of drug-likeness (QED) is 0.0272. The van der Waals surface area contributed by atoms with Gasteiger partial charge in [0.1, 0.15) is 13.2 Å². The van der Waals surface area contributed by atoms with E-state index >= 15 is 0 Å². The number of hydrogen-bond donors (Lipinski definition) is 2. The molecule has 0 aliphatic heterocycles. The van der Waals surface area contributed by atoms with E-state index in [0.717, 1.165) is 89.9 Å². The summed E-state index contributed by atoms with van der Waals surface area (Å²) in [6, 6.07) is -0.914. The lowest BCUT2D eigenvalue weighted by atomic mass is 10.0. The highest BCUT2D eigenvalue weighted by atomic mass is 31.2. The molecule has 3 atom stereocenters. The molecule has 3 unspecified atom stereocenters. The number of nitrogens with zero attached hydrogens (tertiary/aromatic N) is 1. The Morgan fingerprint density at radius 2 is 0.697 bits per heavy atom. The van der Waals surface area contributed by atoms with Gasteiger partial charge in [-0.15, -0.1) is 0 Å². The van der Waals surface area contributed by atoms with Gasteiger partial charge in [0.05, 0.1) is 39.9 Å². The predicted octanol–water partition coefficient (Wildman–Crippen LogP) is 23.8. The molecule has 0 aromatic carbocycles. The summed E-state index contributed by atoms with van der Waals surface area (Å²) >= 11 is 0. The van der Waals surface area contributed by atoms with Crippen LogP contribution in [0.4, 0.5) is 0 Å². The molecule has 0 aliphatic carbocycles. The molecule has 0 aromatic heterocycles. The number of unbranched alkanes of at least 4 members (excludes halogenated alkanes) is 37. The second-order valence-corrected chi connectivity index (χ2v) is 27.7. The number of aliphatic hydroxyl groups is 1. The van der Waals surface area contributed by atoms with E-state index in [1.165, 1.54) is 218 Å². The number of rotatable bonds is 68. The number of likely N-dealkylation sites (N-methyl/N-ethyl adjacent to an activating group) is 1. The summed E-state index contributed by atoms with van der Waals surface area (Å²) < 4.78 is 23.5. The number of carbonyl (C=O) groups is 1. The van der Waals surface area contributed by atoms with Gasteiger partial charge in [-0.3, -0.25) is 9.36 Å². The van der Waals surface area contributed by atoms with Gasteiger partial charge in [-0.25, -0.2) is 0 Å². The summed E-state index contributed by atoms with van der Waals surface area (Å²) in [5, 5.41) is 14.0. The number of carbonyl (C=O) groups excluding carboxylic acids is 1. The summed E-state index contributed by atoms with van der Waals surface area (Å²) in [4.78, 5) is 25.7. The van der Waals surface area contributed by atoms with Gasteiger partial charge >= 0.3 is 0 Å². The van der Waals surface area contributed by atoms with Crippen molar-refractivity contribution in [2.45, 2.75) is 341 Å². The van der Waals surface area contributed by atoms with E-state index < -0.39 is 26.6 Å². The summed E-state index contributed by atoms with van der Waals surface area (Å²) in [6.07, 6.45) is 103. The van der Waals surface area contributed by atoms with Crippen LogP contribution in [0, 0.1) is 0 Å². The van der Waals surface area contributed by atoms with Crippen LogP contribution in [0.3, 0.4) is 0 Å². The van der Waals surface area contributed by atoms with Gasteiger partial charge in [-0.2, -0.15) is 0 Å². The lowest BCUT2D eigenvalue weighted by molar-refractivity contribution is -0.870. The van der Waals surface area contributed by atoms with Gasteiger partial charge in [0.2, 0.25) is 5.91 Å². The zero-order chi connectivity index (χ0) is 64.8. The van der Waals surface area contributed by atoms with Crippen molar-refractivity contribution in [1.29, 1.82) is 0 Å². The van der Waals surface area contributed by atoms with Gasteiger partial charge < -0.3 is 28.8 Å². The number of phosphoric acid groups is 1. The zero-order valence-electron chi connectivity index (χ0n) is 58.9. The third kappa shape index (κ3) is 72.2. The second kappa shape index (κ2) is 69.2. The Hall–Kier alpha value is -3.10. The number of aliphatic hydroxyl groups excluding tert-OH is 1. The monoisotopic (exact) mass is 1260 g/mol. The van der Waals surface area contributed by atoms with Crippen molar-refractivity contribution in [3.63, 3.8) is 0 Å². The van der Waals surface area contributed by atoms with Gasteiger partial charge in [0, 0.05) is 6.42 Å². The standard InChI is InChI=1S/C80H143N2O6P/c1-6-8-10-12-14-16-18-20-22-24-26-28-30-32-34-36-38-39-40-41-42-43-44-46-48-50-52-54-56-58-60-62-64-66-68-70-72-74-80(84)81-78(77-88-89(85,86)87-76-75-82(3,4)5)79(83)73-71-69-67-65-63-61-59-57-55-53-51-49-47-45-37-35-33-31-29-27-25-23-21-19-17-15-13-11-9-7-2/h8,10,14,16,20,22,26,28,32,34,38-39,41-42,44,46,63,65,71,73,78-79,83H,6-7,9,11-13,15,17-19,21,23-25,27,29-31,33,35-37,40,43,45,47-62,64,66-70,72,74-77H2,1-5H3,(H-,81,84,85,86)/b10-8-,16-14-,22-20-,28-26-,34-32-,39-38-,42-41-,46-44-,65-63+,73-71+. The third-order valence-electron chi connectivity index (χ3n) is 16.4. The highest BCUT2D eigenvalue weighted by molar-refractivity contribution is 7.45. The second-order valence-electron chi connectivity index (χ2n) is 26.3. The molecule has 0 saturated heterocycles. The lowest BCUT2D eigenvalue weighted by Gasteiger charge is -2.29. The SMILES string of the molecule is CC/C=C\C/C=C\C/C=C\C/C=C\C/C=C\C/C=C\C/C=C\C/C=C\CCCCCCCCCCCCCCC(=O)NC(COP(=O)([O-])OCC[N+](C)(C)C)C(O)/C=C/CC/C=C/CCCCCCCCCCCCCCCCCCCCCCCCCC. The van der Waals surface area contributed by atoms with Crippen LogP contribution in [0.15, 0.2) is 122 Å². The van der Waals surface area contributed by atoms with Crippen molar-refractivity contribution in [3.05, 3.63) is 122 Å². The molecule has 8 nitrogen and oxygen atoms in total. The maximum absolute atomic E-state index is 13.1. The van der Waals surface area contributed by atoms with Crippen LogP contribution in [0.2, 0.25) is 0 Å². The van der Waals surface area contributed by atoms with Crippen molar-refractivity contribution in [3.8, 4) is 0 Å². The molecular formula is C80H143N2O6P. The molecule has 0 spiro atoms. The van der Waals surface area contributed by atoms with E-state index in [0.29, 0.717) is 17.4 Å². The Morgan fingerprint density at radius 3 is 1.04 bits per heavy atom. The topological polar surface area (TPSA) is 108 Å². The maximum atomic E-state index is 13.1. The molecule has 0 fully saturated rings. The number of hydrogen-bond acceptors (Lipinski definition) is 6. The molecule has 0 bridgehead atoms. The van der Waals surface area contributed by atoms with Crippen LogP contribution < -0.4 is 10.2 Å². The number of quaternary nitrogens is 1. The zero-order valence-corrected chi connectivity index (χ0v) is 59.7. The fourth-order valence-electron chi connectivity index (χ4n) is 10.7. The van der Waals surface area contributed by atoms with Gasteiger partial charge in [-0.05, 0) is 96.3 Å². The normalized spacial score (nSPS) is 14.3. The summed E-state index contributed by atoms with van der Waals surface area (Å²) in [7, 11) is 1.24. The highest BCUT2D eigenvalue weighted by Crippen LogP contribution is 2.38. The molecule has 514 valence electrons. The first kappa shape index (κ1) is 85.9. The van der Waals surface area contributed by atoms with Crippen LogP contribution >= 0.6 is 7.82 Å². The molecule has 1 amide bonds. The Kier molecular flexibility index (Phi) is 66.8. The molecule has 0 rings (SSSR count). The first-order chi connectivity index (χ1) is 43.5. The van der Waals surface area contributed by atoms with E-state index in [1.54, 1.807) is 6.08 Å². The summed E-state index contributed by atoms with van der Waals surface area (Å²) in [6.45, 7) is 4.54. The highest BCUT2D eigenvalue weighted by Gasteiger charge is 2.23. The van der Waals surface area contributed by atoms with E-state index in [2.05, 4.69) is 129 Å². The van der Waals surface area contributed by atoms with Crippen LogP contribution in [-0.2, 0) is 18.4 Å². The minimum atomic E-state index is -4.62. The van der Waals surface area contributed by atoms with Crippen molar-refractivity contribution in [1.82, 2.24) is 5.32 Å². The largest absolute Gasteiger partial charge is 0.756 e. The average Bonchev–Trinajstić information content (AvgIpc) is 3.57. The van der Waals surface area contributed by atoms with E-state index in [-0.39, 0.29) is 12.5 Å². The molecule has 89 heavy (non-hydrogen) atoms. The van der Waals surface area contributed by atoms with Crippen molar-refractivity contribution < 1.29 is 32.9 Å². The molecule has 2 N–H and O–H groups in total. The summed E-state index contributed by atoms with van der Waals surface area (Å²) in [5.74, 6) is -0.210. The van der Waals surface area contributed by atoms with Crippen LogP contribution in [-0.4, -0.2) is 68.5 Å². The molecule has 0 aliphatic rings. The molecule has 0 heterocycles. The molecule has 0 saturated carbocycles. The molecule has 9 heteroatoms. The van der Waals surface area contributed by atoms with Crippen molar-refractivity contribution >= 4 is 13.7 Å². The number of phosphoric ester groups is 1. The number of nitrogens with one attached hydrogen (secondary N) is 1. The van der Waals surface area contributed by atoms with Crippen LogP contribution in [0.5, 0.6) is 0 Å². The van der Waals surface area contributed by atoms with Gasteiger partial charge in [-0.1, -0.05) is 347 Å². The fourth-order valence-corrected chi connectivity index (χ4v) is 11.4. The Balaban J connectivity index is 4.11. The van der Waals surface area contributed by atoms with E-state index in [9.17, 15) is 19.4 Å². The first-order valence-electron chi connectivity index (χ1n) is 37.4. The fraction of sp³-hybridized carbons (Fsp3) is 0.738. The Morgan fingerprint density at radius 1 is 0.404 bits per heavy atom. The Bertz CT molecular complexity index is 1870. The summed E-state index contributed by atoms with van der Waals surface area (Å²) in [5.41, 5.74) is 0. The van der Waals surface area contributed by atoms with Gasteiger partial charge in [0.15, 0.2) is 0 Å². The van der Waals surface area contributed by atoms with Gasteiger partial charge in [0.25, 0.3) is 7.82 Å². The van der Waals surface area contributed by atoms with Crippen molar-refractivity contribution in [2.75, 3.05) is 40.9 Å². The average molecular weight is 1260 g/mol. The predicted molar refractivity (Wildman–Crippen MR) is 389 cm³/mol. The molecule has 0 aromatic rings. The molecule has 0 radical (unpaired) electrons.